The fraction of sp³-hybridized carbons (Fsp3) is 0.467. The minimum absolute atomic E-state index is 0.146. The Morgan fingerprint density at radius 1 is 1.43 bits per heavy atom. The van der Waals surface area contributed by atoms with Gasteiger partial charge in [0.25, 0.3) is 5.91 Å². The number of rotatable bonds is 2. The molecule has 0 saturated carbocycles. The van der Waals surface area contributed by atoms with Crippen LogP contribution in [0.25, 0.3) is 0 Å². The van der Waals surface area contributed by atoms with Gasteiger partial charge in [0.05, 0.1) is 12.0 Å². The number of carbonyl (C=O) groups is 2. The Kier molecular flexibility index (Phi) is 3.63. The maximum absolute atomic E-state index is 12.5. The summed E-state index contributed by atoms with van der Waals surface area (Å²) in [5.74, 6) is -1.16. The molecule has 1 aromatic rings. The van der Waals surface area contributed by atoms with E-state index in [0.29, 0.717) is 36.8 Å². The van der Waals surface area contributed by atoms with Crippen LogP contribution in [0.2, 0.25) is 5.02 Å². The third kappa shape index (κ3) is 2.40. The highest BCUT2D eigenvalue weighted by Gasteiger charge is 2.54. The first-order chi connectivity index (χ1) is 10.0. The highest BCUT2D eigenvalue weighted by molar-refractivity contribution is 6.30. The normalized spacial score (nSPS) is 28.2. The zero-order chi connectivity index (χ0) is 15.0. The molecule has 6 heteroatoms. The van der Waals surface area contributed by atoms with Crippen LogP contribution in [0, 0.1) is 11.3 Å². The minimum Gasteiger partial charge on any atom is -0.481 e. The average Bonchev–Trinajstić information content (AvgIpc) is 2.87. The number of ether oxygens (including phenoxy) is 1. The number of nitrogens with zero attached hydrogens (tertiary/aromatic N) is 1. The summed E-state index contributed by atoms with van der Waals surface area (Å²) >= 11 is 5.91. The number of carboxylic acids is 1. The molecule has 2 saturated heterocycles. The van der Waals surface area contributed by atoms with Gasteiger partial charge in [-0.2, -0.15) is 0 Å². The summed E-state index contributed by atoms with van der Waals surface area (Å²) in [4.78, 5) is 25.9. The smallest absolute Gasteiger partial charge is 0.311 e. The quantitative estimate of drug-likeness (QED) is 0.906. The number of benzene rings is 1. The number of likely N-dealkylation sites (tertiary alicyclic amines) is 1. The van der Waals surface area contributed by atoms with Crippen LogP contribution in [0.5, 0.6) is 0 Å². The Hall–Kier alpha value is -1.59. The zero-order valence-corrected chi connectivity index (χ0v) is 12.2. The molecule has 0 spiro atoms. The van der Waals surface area contributed by atoms with Crippen LogP contribution in [0.1, 0.15) is 16.8 Å². The van der Waals surface area contributed by atoms with Crippen molar-refractivity contribution >= 4 is 23.5 Å². The lowest BCUT2D eigenvalue weighted by Gasteiger charge is -2.33. The van der Waals surface area contributed by atoms with Gasteiger partial charge in [0, 0.05) is 36.2 Å². The van der Waals surface area contributed by atoms with E-state index in [1.807, 2.05) is 0 Å². The van der Waals surface area contributed by atoms with Crippen molar-refractivity contribution in [1.29, 1.82) is 0 Å². The van der Waals surface area contributed by atoms with Crippen LogP contribution in [0.15, 0.2) is 24.3 Å². The summed E-state index contributed by atoms with van der Waals surface area (Å²) in [5.41, 5.74) is -0.380. The predicted octanol–water partition coefficient (Wildman–Crippen LogP) is 1.90. The van der Waals surface area contributed by atoms with Gasteiger partial charge in [-0.05, 0) is 24.6 Å². The van der Waals surface area contributed by atoms with Gasteiger partial charge in [0.1, 0.15) is 0 Å². The summed E-state index contributed by atoms with van der Waals surface area (Å²) in [6.45, 7) is 1.48. The summed E-state index contributed by atoms with van der Waals surface area (Å²) in [6.07, 6.45) is 0.451. The lowest BCUT2D eigenvalue weighted by molar-refractivity contribution is -0.157. The number of amides is 1. The Labute approximate surface area is 127 Å². The molecule has 112 valence electrons. The van der Waals surface area contributed by atoms with E-state index in [-0.39, 0.29) is 18.4 Å². The van der Waals surface area contributed by atoms with Gasteiger partial charge in [0.15, 0.2) is 0 Å². The molecule has 0 aliphatic carbocycles. The maximum Gasteiger partial charge on any atom is 0.311 e. The van der Waals surface area contributed by atoms with Crippen molar-refractivity contribution in [3.05, 3.63) is 34.9 Å². The largest absolute Gasteiger partial charge is 0.481 e. The van der Waals surface area contributed by atoms with E-state index in [2.05, 4.69) is 0 Å². The monoisotopic (exact) mass is 309 g/mol. The molecule has 2 aliphatic heterocycles. The van der Waals surface area contributed by atoms with Crippen molar-refractivity contribution in [2.45, 2.75) is 6.42 Å². The molecule has 0 radical (unpaired) electrons. The van der Waals surface area contributed by atoms with Crippen LogP contribution in [-0.2, 0) is 9.53 Å². The Morgan fingerprint density at radius 3 is 2.90 bits per heavy atom. The molecule has 0 unspecified atom stereocenters. The van der Waals surface area contributed by atoms with Gasteiger partial charge < -0.3 is 14.7 Å². The van der Waals surface area contributed by atoms with Crippen LogP contribution in [0.4, 0.5) is 0 Å². The van der Waals surface area contributed by atoms with Gasteiger partial charge in [-0.1, -0.05) is 17.7 Å². The molecule has 0 bridgehead atoms. The van der Waals surface area contributed by atoms with E-state index in [1.165, 1.54) is 0 Å². The van der Waals surface area contributed by atoms with Crippen LogP contribution < -0.4 is 0 Å². The maximum atomic E-state index is 12.5. The van der Waals surface area contributed by atoms with E-state index in [4.69, 9.17) is 16.3 Å². The van der Waals surface area contributed by atoms with E-state index in [0.717, 1.165) is 0 Å². The molecule has 3 rings (SSSR count). The van der Waals surface area contributed by atoms with Crippen LogP contribution >= 0.6 is 11.6 Å². The summed E-state index contributed by atoms with van der Waals surface area (Å²) < 4.78 is 5.39. The second-order valence-electron chi connectivity index (χ2n) is 5.68. The third-order valence-corrected chi connectivity index (χ3v) is 4.73. The fourth-order valence-electron chi connectivity index (χ4n) is 3.26. The molecule has 2 heterocycles. The first kappa shape index (κ1) is 14.4. The van der Waals surface area contributed by atoms with Crippen molar-refractivity contribution in [3.8, 4) is 0 Å². The molecule has 2 atom stereocenters. The average molecular weight is 310 g/mol. The van der Waals surface area contributed by atoms with Gasteiger partial charge in [-0.3, -0.25) is 9.59 Å². The molecule has 0 aromatic heterocycles. The summed E-state index contributed by atoms with van der Waals surface area (Å²) in [5, 5.41) is 10.1. The molecule has 2 fully saturated rings. The lowest BCUT2D eigenvalue weighted by Crippen LogP contribution is -2.45. The van der Waals surface area contributed by atoms with Crippen LogP contribution in [-0.4, -0.2) is 48.2 Å². The van der Waals surface area contributed by atoms with Crippen molar-refractivity contribution < 1.29 is 19.4 Å². The molecular weight excluding hydrogens is 294 g/mol. The highest BCUT2D eigenvalue weighted by Crippen LogP contribution is 2.42. The lowest BCUT2D eigenvalue weighted by atomic mass is 9.74. The Balaban J connectivity index is 1.85. The van der Waals surface area contributed by atoms with E-state index >= 15 is 0 Å². The van der Waals surface area contributed by atoms with Gasteiger partial charge >= 0.3 is 5.97 Å². The summed E-state index contributed by atoms with van der Waals surface area (Å²) in [6, 6.07) is 6.72. The molecule has 1 N–H and O–H groups in total. The fourth-order valence-corrected chi connectivity index (χ4v) is 3.45. The van der Waals surface area contributed by atoms with Crippen LogP contribution in [0.3, 0.4) is 0 Å². The molecule has 1 aromatic carbocycles. The Bertz CT molecular complexity index is 591. The SMILES string of the molecule is O=C(c1cccc(Cl)c1)N1C[C@H]2COCC[C@@]2(C(=O)O)C1. The molecule has 5 nitrogen and oxygen atoms in total. The zero-order valence-electron chi connectivity index (χ0n) is 11.4. The number of aliphatic carboxylic acids is 1. The van der Waals surface area contributed by atoms with Crippen molar-refractivity contribution in [2.24, 2.45) is 11.3 Å². The van der Waals surface area contributed by atoms with Crippen molar-refractivity contribution in [1.82, 2.24) is 4.90 Å². The van der Waals surface area contributed by atoms with Crippen molar-refractivity contribution in [2.75, 3.05) is 26.3 Å². The van der Waals surface area contributed by atoms with Gasteiger partial charge in [0.2, 0.25) is 0 Å². The Morgan fingerprint density at radius 2 is 2.24 bits per heavy atom. The van der Waals surface area contributed by atoms with Gasteiger partial charge in [-0.25, -0.2) is 0 Å². The molecule has 2 aliphatic rings. The standard InChI is InChI=1S/C15H16ClNO4/c16-12-3-1-2-10(6-12)13(18)17-7-11-8-21-5-4-15(11,9-17)14(19)20/h1-3,6,11H,4-5,7-9H2,(H,19,20)/t11-,15+/m0/s1. The summed E-state index contributed by atoms with van der Waals surface area (Å²) in [7, 11) is 0. The number of halogens is 1. The number of fused-ring (bicyclic) bond motifs is 1. The number of carbonyl (C=O) groups excluding carboxylic acids is 1. The van der Waals surface area contributed by atoms with Crippen molar-refractivity contribution in [3.63, 3.8) is 0 Å². The third-order valence-electron chi connectivity index (χ3n) is 4.49. The topological polar surface area (TPSA) is 66.8 Å². The van der Waals surface area contributed by atoms with E-state index < -0.39 is 11.4 Å². The first-order valence-electron chi connectivity index (χ1n) is 6.89. The molecule has 21 heavy (non-hydrogen) atoms. The molecular formula is C15H16ClNO4. The van der Waals surface area contributed by atoms with E-state index in [9.17, 15) is 14.7 Å². The highest BCUT2D eigenvalue weighted by atomic mass is 35.5. The second-order valence-corrected chi connectivity index (χ2v) is 6.12. The van der Waals surface area contributed by atoms with Gasteiger partial charge in [-0.15, -0.1) is 0 Å². The second kappa shape index (κ2) is 5.31. The van der Waals surface area contributed by atoms with E-state index in [1.54, 1.807) is 29.2 Å². The number of hydrogen-bond donors (Lipinski definition) is 1. The first-order valence-corrected chi connectivity index (χ1v) is 7.27. The predicted molar refractivity (Wildman–Crippen MR) is 76.4 cm³/mol. The molecule has 1 amide bonds. The number of hydrogen-bond acceptors (Lipinski definition) is 3. The minimum atomic E-state index is -0.869. The number of carboxylic acid groups (broad SMARTS) is 1.